The second-order valence-electron chi connectivity index (χ2n) is 8.54. The summed E-state index contributed by atoms with van der Waals surface area (Å²) in [5.41, 5.74) is 7.87. The summed E-state index contributed by atoms with van der Waals surface area (Å²) >= 11 is 0. The number of hydrogen-bond acceptors (Lipinski definition) is 3. The molecular formula is C25H30N2O3. The van der Waals surface area contributed by atoms with Gasteiger partial charge in [0, 0.05) is 18.9 Å². The first-order valence-corrected chi connectivity index (χ1v) is 10.9. The quantitative estimate of drug-likeness (QED) is 0.825. The summed E-state index contributed by atoms with van der Waals surface area (Å²) in [6.45, 7) is 1.10. The summed E-state index contributed by atoms with van der Waals surface area (Å²) in [5.74, 6) is -0.272. The van der Waals surface area contributed by atoms with Gasteiger partial charge in [0.05, 0.1) is 13.2 Å². The van der Waals surface area contributed by atoms with E-state index in [4.69, 9.17) is 10.5 Å². The molecule has 1 saturated heterocycles. The van der Waals surface area contributed by atoms with E-state index in [1.54, 1.807) is 0 Å². The maximum absolute atomic E-state index is 13.0. The number of nitrogens with two attached hydrogens (primary N) is 1. The van der Waals surface area contributed by atoms with E-state index >= 15 is 0 Å². The lowest BCUT2D eigenvalue weighted by Gasteiger charge is -2.42. The predicted molar refractivity (Wildman–Crippen MR) is 117 cm³/mol. The first-order valence-electron chi connectivity index (χ1n) is 10.9. The minimum Gasteiger partial charge on any atom is -0.367 e. The molecule has 1 aliphatic carbocycles. The molecule has 0 unspecified atom stereocenters. The van der Waals surface area contributed by atoms with E-state index < -0.39 is 11.5 Å². The molecule has 1 aliphatic heterocycles. The van der Waals surface area contributed by atoms with Crippen LogP contribution in [0, 0.1) is 5.92 Å². The van der Waals surface area contributed by atoms with Crippen molar-refractivity contribution < 1.29 is 14.3 Å². The smallest absolute Gasteiger partial charge is 0.251 e. The van der Waals surface area contributed by atoms with Gasteiger partial charge in [-0.2, -0.15) is 0 Å². The van der Waals surface area contributed by atoms with Crippen LogP contribution in [-0.4, -0.2) is 42.0 Å². The molecule has 2 fully saturated rings. The second-order valence-corrected chi connectivity index (χ2v) is 8.54. The molecule has 0 bridgehead atoms. The molecule has 5 heteroatoms. The highest BCUT2D eigenvalue weighted by atomic mass is 16.5. The second kappa shape index (κ2) is 9.00. The molecule has 0 spiro atoms. The molecule has 2 aromatic rings. The van der Waals surface area contributed by atoms with Crippen LogP contribution in [0.1, 0.15) is 37.7 Å². The van der Waals surface area contributed by atoms with Crippen LogP contribution in [0.15, 0.2) is 54.6 Å². The SMILES string of the molecule is NC(=O)[C@]1(Cc2ccc(-c3ccccc3)cc2)CN(C(=O)C2CCCCC2)CCO1. The molecular weight excluding hydrogens is 376 g/mol. The topological polar surface area (TPSA) is 72.6 Å². The number of primary amides is 1. The Labute approximate surface area is 178 Å². The Morgan fingerprint density at radius 1 is 0.967 bits per heavy atom. The molecule has 0 radical (unpaired) electrons. The van der Waals surface area contributed by atoms with Gasteiger partial charge in [-0.25, -0.2) is 0 Å². The lowest BCUT2D eigenvalue weighted by molar-refractivity contribution is -0.165. The van der Waals surface area contributed by atoms with Crippen LogP contribution in [0.2, 0.25) is 0 Å². The minimum absolute atomic E-state index is 0.0765. The van der Waals surface area contributed by atoms with Gasteiger partial charge in [-0.1, -0.05) is 73.9 Å². The first-order chi connectivity index (χ1) is 14.6. The fraction of sp³-hybridized carbons (Fsp3) is 0.440. The number of carbonyl (C=O) groups excluding carboxylic acids is 2. The van der Waals surface area contributed by atoms with Gasteiger partial charge in [-0.15, -0.1) is 0 Å². The van der Waals surface area contributed by atoms with Gasteiger partial charge in [0.15, 0.2) is 5.60 Å². The average Bonchev–Trinajstić information content (AvgIpc) is 2.80. The van der Waals surface area contributed by atoms with Crippen LogP contribution in [0.3, 0.4) is 0 Å². The Morgan fingerprint density at radius 3 is 2.30 bits per heavy atom. The summed E-state index contributed by atoms with van der Waals surface area (Å²) in [5, 5.41) is 0. The number of hydrogen-bond donors (Lipinski definition) is 1. The molecule has 5 nitrogen and oxygen atoms in total. The van der Waals surface area contributed by atoms with E-state index in [-0.39, 0.29) is 18.4 Å². The maximum Gasteiger partial charge on any atom is 0.251 e. The summed E-state index contributed by atoms with van der Waals surface area (Å²) in [6.07, 6.45) is 5.68. The van der Waals surface area contributed by atoms with Crippen LogP contribution in [0.5, 0.6) is 0 Å². The van der Waals surface area contributed by atoms with E-state index in [1.807, 2.05) is 47.4 Å². The van der Waals surface area contributed by atoms with E-state index in [0.717, 1.165) is 42.4 Å². The Balaban J connectivity index is 1.49. The lowest BCUT2D eigenvalue weighted by Crippen LogP contribution is -2.61. The molecule has 4 rings (SSSR count). The van der Waals surface area contributed by atoms with Crippen molar-refractivity contribution in [2.75, 3.05) is 19.7 Å². The van der Waals surface area contributed by atoms with Crippen molar-refractivity contribution in [2.24, 2.45) is 11.7 Å². The number of amides is 2. The molecule has 158 valence electrons. The zero-order chi connectivity index (χ0) is 21.0. The van der Waals surface area contributed by atoms with Crippen LogP contribution in [-0.2, 0) is 20.7 Å². The summed E-state index contributed by atoms with van der Waals surface area (Å²) < 4.78 is 5.95. The summed E-state index contributed by atoms with van der Waals surface area (Å²) in [6, 6.07) is 18.3. The largest absolute Gasteiger partial charge is 0.367 e. The zero-order valence-corrected chi connectivity index (χ0v) is 17.4. The van der Waals surface area contributed by atoms with Gasteiger partial charge in [0.1, 0.15) is 0 Å². The van der Waals surface area contributed by atoms with Crippen molar-refractivity contribution >= 4 is 11.8 Å². The van der Waals surface area contributed by atoms with Crippen molar-refractivity contribution in [1.82, 2.24) is 4.90 Å². The highest BCUT2D eigenvalue weighted by molar-refractivity contribution is 5.86. The standard InChI is InChI=1S/C25H30N2O3/c26-24(29)25(17-19-11-13-21(14-12-19)20-7-3-1-4-8-20)18-27(15-16-30-25)23(28)22-9-5-2-6-10-22/h1,3-4,7-8,11-14,22H,2,5-6,9-10,15-18H2,(H2,26,29)/t25-/m0/s1. The molecule has 2 amide bonds. The van der Waals surface area contributed by atoms with Crippen molar-refractivity contribution in [2.45, 2.75) is 44.1 Å². The monoisotopic (exact) mass is 406 g/mol. The Kier molecular flexibility index (Phi) is 6.18. The van der Waals surface area contributed by atoms with E-state index in [9.17, 15) is 9.59 Å². The maximum atomic E-state index is 13.0. The number of morpholine rings is 1. The third-order valence-corrected chi connectivity index (χ3v) is 6.45. The van der Waals surface area contributed by atoms with Crippen LogP contribution in [0.25, 0.3) is 11.1 Å². The lowest BCUT2D eigenvalue weighted by atomic mass is 9.86. The highest BCUT2D eigenvalue weighted by Gasteiger charge is 2.44. The number of carbonyl (C=O) groups is 2. The Morgan fingerprint density at radius 2 is 1.63 bits per heavy atom. The number of ether oxygens (including phenoxy) is 1. The number of rotatable bonds is 5. The van der Waals surface area contributed by atoms with Crippen molar-refractivity contribution in [1.29, 1.82) is 0 Å². The third kappa shape index (κ3) is 4.41. The normalized spacial score (nSPS) is 22.6. The van der Waals surface area contributed by atoms with Gasteiger partial charge in [0.2, 0.25) is 5.91 Å². The van der Waals surface area contributed by atoms with Crippen LogP contribution in [0.4, 0.5) is 0 Å². The van der Waals surface area contributed by atoms with Crippen molar-refractivity contribution in [3.8, 4) is 11.1 Å². The summed E-state index contributed by atoms with van der Waals surface area (Å²) in [7, 11) is 0. The van der Waals surface area contributed by atoms with Gasteiger partial charge in [0.25, 0.3) is 5.91 Å². The molecule has 2 N–H and O–H groups in total. The van der Waals surface area contributed by atoms with Gasteiger partial charge < -0.3 is 15.4 Å². The first kappa shape index (κ1) is 20.6. The van der Waals surface area contributed by atoms with Gasteiger partial charge >= 0.3 is 0 Å². The molecule has 30 heavy (non-hydrogen) atoms. The summed E-state index contributed by atoms with van der Waals surface area (Å²) in [4.78, 5) is 27.3. The Bertz CT molecular complexity index is 875. The minimum atomic E-state index is -1.17. The van der Waals surface area contributed by atoms with Crippen LogP contribution < -0.4 is 5.73 Å². The van der Waals surface area contributed by atoms with Gasteiger partial charge in [-0.05, 0) is 29.5 Å². The number of nitrogens with zero attached hydrogens (tertiary/aromatic N) is 1. The fourth-order valence-electron chi connectivity index (χ4n) is 4.70. The average molecular weight is 407 g/mol. The van der Waals surface area contributed by atoms with Crippen molar-refractivity contribution in [3.63, 3.8) is 0 Å². The fourth-order valence-corrected chi connectivity index (χ4v) is 4.70. The molecule has 0 aromatic heterocycles. The van der Waals surface area contributed by atoms with E-state index in [0.29, 0.717) is 19.6 Å². The molecule has 1 atom stereocenters. The zero-order valence-electron chi connectivity index (χ0n) is 17.4. The molecule has 1 heterocycles. The third-order valence-electron chi connectivity index (χ3n) is 6.45. The number of benzene rings is 2. The Hall–Kier alpha value is -2.66. The molecule has 1 saturated carbocycles. The van der Waals surface area contributed by atoms with E-state index in [2.05, 4.69) is 12.1 Å². The predicted octanol–water partition coefficient (Wildman–Crippen LogP) is 3.56. The molecule has 2 aliphatic rings. The van der Waals surface area contributed by atoms with Gasteiger partial charge in [-0.3, -0.25) is 9.59 Å². The molecule has 2 aromatic carbocycles. The van der Waals surface area contributed by atoms with E-state index in [1.165, 1.54) is 6.42 Å². The highest BCUT2D eigenvalue weighted by Crippen LogP contribution is 2.30. The van der Waals surface area contributed by atoms with Crippen molar-refractivity contribution in [3.05, 3.63) is 60.2 Å². The van der Waals surface area contributed by atoms with Crippen LogP contribution >= 0.6 is 0 Å².